The molecule has 4 rings (SSSR count). The molecule has 0 aliphatic rings. The molecule has 2 heterocycles. The summed E-state index contributed by atoms with van der Waals surface area (Å²) in [5, 5.41) is 4.90. The minimum absolute atomic E-state index is 0.218. The van der Waals surface area contributed by atoms with Crippen LogP contribution in [0.4, 0.5) is 0 Å². The summed E-state index contributed by atoms with van der Waals surface area (Å²) in [5.41, 5.74) is 1.32. The van der Waals surface area contributed by atoms with Gasteiger partial charge in [0.1, 0.15) is 0 Å². The third-order valence-electron chi connectivity index (χ3n) is 4.32. The molecule has 4 aromatic rings. The third kappa shape index (κ3) is 4.04. The van der Waals surface area contributed by atoms with Gasteiger partial charge in [0.05, 0.1) is 22.8 Å². The maximum atomic E-state index is 12.8. The van der Waals surface area contributed by atoms with Crippen LogP contribution in [-0.4, -0.2) is 27.8 Å². The largest absolute Gasteiger partial charge is 0.490 e. The summed E-state index contributed by atoms with van der Waals surface area (Å²) in [5.74, 6) is 1.80. The number of hydrogen-bond donors (Lipinski definition) is 0. The number of ether oxygens (including phenoxy) is 2. The summed E-state index contributed by atoms with van der Waals surface area (Å²) in [7, 11) is 0. The second-order valence-corrected chi connectivity index (χ2v) is 7.93. The van der Waals surface area contributed by atoms with Crippen molar-refractivity contribution in [2.24, 2.45) is 0 Å². The van der Waals surface area contributed by atoms with Crippen molar-refractivity contribution in [1.82, 2.24) is 14.6 Å². The standard InChI is InChI=1S/C22H20ClN3O3S/c1-3-11-29-17-10-9-14(12-18(17)28-4-2)13-19-21(27)26-22(30-19)24-20(25-26)15-7-5-6-8-16(15)23/h5-10,12-13H,3-4,11H2,1-2H3/b19-13+. The first kappa shape index (κ1) is 20.4. The normalized spacial score (nSPS) is 11.9. The molecule has 2 aromatic carbocycles. The first-order valence-corrected chi connectivity index (χ1v) is 10.9. The van der Waals surface area contributed by atoms with E-state index in [0.29, 0.717) is 50.6 Å². The molecule has 6 nitrogen and oxygen atoms in total. The third-order valence-corrected chi connectivity index (χ3v) is 5.61. The fourth-order valence-electron chi connectivity index (χ4n) is 2.96. The highest BCUT2D eigenvalue weighted by Gasteiger charge is 2.14. The summed E-state index contributed by atoms with van der Waals surface area (Å²) in [6, 6.07) is 12.9. The van der Waals surface area contributed by atoms with E-state index >= 15 is 0 Å². The van der Waals surface area contributed by atoms with Crippen LogP contribution in [0.25, 0.3) is 22.4 Å². The molecule has 0 aliphatic heterocycles. The van der Waals surface area contributed by atoms with E-state index in [4.69, 9.17) is 21.1 Å². The van der Waals surface area contributed by atoms with Crippen LogP contribution in [0, 0.1) is 0 Å². The SMILES string of the molecule is CCCOc1ccc(/C=c2/sc3nc(-c4ccccc4Cl)nn3c2=O)cc1OCC. The zero-order valence-electron chi connectivity index (χ0n) is 16.6. The lowest BCUT2D eigenvalue weighted by molar-refractivity contribution is 0.277. The smallest absolute Gasteiger partial charge is 0.291 e. The zero-order chi connectivity index (χ0) is 21.1. The number of thiazole rings is 1. The number of hydrogen-bond acceptors (Lipinski definition) is 6. The first-order valence-electron chi connectivity index (χ1n) is 9.66. The first-order chi connectivity index (χ1) is 14.6. The molecule has 0 aliphatic carbocycles. The molecule has 0 bridgehead atoms. The maximum Gasteiger partial charge on any atom is 0.291 e. The van der Waals surface area contributed by atoms with Crippen molar-refractivity contribution >= 4 is 34.0 Å². The lowest BCUT2D eigenvalue weighted by Gasteiger charge is -2.11. The van der Waals surface area contributed by atoms with Crippen molar-refractivity contribution in [1.29, 1.82) is 0 Å². The Labute approximate surface area is 182 Å². The van der Waals surface area contributed by atoms with E-state index < -0.39 is 0 Å². The van der Waals surface area contributed by atoms with Gasteiger partial charge in [-0.05, 0) is 49.2 Å². The molecule has 0 saturated heterocycles. The summed E-state index contributed by atoms with van der Waals surface area (Å²) in [6.45, 7) is 5.12. The molecule has 30 heavy (non-hydrogen) atoms. The van der Waals surface area contributed by atoms with E-state index in [1.165, 1.54) is 15.9 Å². The Morgan fingerprint density at radius 3 is 2.70 bits per heavy atom. The van der Waals surface area contributed by atoms with Gasteiger partial charge >= 0.3 is 0 Å². The average Bonchev–Trinajstić information content (AvgIpc) is 3.27. The predicted molar refractivity (Wildman–Crippen MR) is 120 cm³/mol. The Kier molecular flexibility index (Phi) is 6.01. The van der Waals surface area contributed by atoms with Gasteiger partial charge in [-0.2, -0.15) is 9.50 Å². The molecule has 0 fully saturated rings. The number of halogens is 1. The molecule has 0 unspecified atom stereocenters. The Morgan fingerprint density at radius 2 is 1.97 bits per heavy atom. The van der Waals surface area contributed by atoms with E-state index in [1.807, 2.05) is 49.4 Å². The fraction of sp³-hybridized carbons (Fsp3) is 0.227. The van der Waals surface area contributed by atoms with Gasteiger partial charge in [0, 0.05) is 5.56 Å². The van der Waals surface area contributed by atoms with Crippen molar-refractivity contribution in [3.05, 3.63) is 67.9 Å². The summed E-state index contributed by atoms with van der Waals surface area (Å²) in [4.78, 5) is 17.8. The summed E-state index contributed by atoms with van der Waals surface area (Å²) in [6.07, 6.45) is 2.72. The van der Waals surface area contributed by atoms with Gasteiger partial charge in [-0.3, -0.25) is 4.79 Å². The van der Waals surface area contributed by atoms with E-state index in [9.17, 15) is 4.79 Å². The van der Waals surface area contributed by atoms with Gasteiger partial charge in [-0.1, -0.05) is 48.1 Å². The van der Waals surface area contributed by atoms with Crippen molar-refractivity contribution in [2.75, 3.05) is 13.2 Å². The predicted octanol–water partition coefficient (Wildman–Crippen LogP) is 4.21. The van der Waals surface area contributed by atoms with Gasteiger partial charge in [0.15, 0.2) is 17.3 Å². The van der Waals surface area contributed by atoms with E-state index in [0.717, 1.165) is 12.0 Å². The molecular formula is C22H20ClN3O3S. The molecule has 0 spiro atoms. The Balaban J connectivity index is 1.72. The molecule has 0 atom stereocenters. The Bertz CT molecular complexity index is 1300. The van der Waals surface area contributed by atoms with Crippen molar-refractivity contribution in [3.63, 3.8) is 0 Å². The molecule has 0 amide bonds. The summed E-state index contributed by atoms with van der Waals surface area (Å²) >= 11 is 7.51. The maximum absolute atomic E-state index is 12.8. The molecule has 154 valence electrons. The van der Waals surface area contributed by atoms with Crippen molar-refractivity contribution in [2.45, 2.75) is 20.3 Å². The van der Waals surface area contributed by atoms with Gasteiger partial charge in [0.2, 0.25) is 4.96 Å². The van der Waals surface area contributed by atoms with E-state index in [-0.39, 0.29) is 5.56 Å². The Morgan fingerprint density at radius 1 is 1.13 bits per heavy atom. The van der Waals surface area contributed by atoms with Crippen LogP contribution in [0.1, 0.15) is 25.8 Å². The highest BCUT2D eigenvalue weighted by atomic mass is 35.5. The van der Waals surface area contributed by atoms with Crippen LogP contribution in [-0.2, 0) is 0 Å². The highest BCUT2D eigenvalue weighted by Crippen LogP contribution is 2.29. The number of benzene rings is 2. The topological polar surface area (TPSA) is 65.7 Å². The Hall–Kier alpha value is -2.90. The van der Waals surface area contributed by atoms with Crippen molar-refractivity contribution in [3.8, 4) is 22.9 Å². The molecule has 0 radical (unpaired) electrons. The molecule has 0 saturated carbocycles. The van der Waals surface area contributed by atoms with Crippen LogP contribution >= 0.6 is 22.9 Å². The molecule has 2 aromatic heterocycles. The van der Waals surface area contributed by atoms with E-state index in [1.54, 1.807) is 6.07 Å². The van der Waals surface area contributed by atoms with Gasteiger partial charge < -0.3 is 9.47 Å². The highest BCUT2D eigenvalue weighted by molar-refractivity contribution is 7.15. The number of rotatable bonds is 7. The number of aromatic nitrogens is 3. The van der Waals surface area contributed by atoms with Crippen LogP contribution in [0.2, 0.25) is 5.02 Å². The minimum Gasteiger partial charge on any atom is -0.490 e. The average molecular weight is 442 g/mol. The van der Waals surface area contributed by atoms with Crippen LogP contribution < -0.4 is 19.6 Å². The summed E-state index contributed by atoms with van der Waals surface area (Å²) < 4.78 is 13.3. The quantitative estimate of drug-likeness (QED) is 0.430. The van der Waals surface area contributed by atoms with Gasteiger partial charge in [-0.15, -0.1) is 5.10 Å². The molecular weight excluding hydrogens is 422 g/mol. The lowest BCUT2D eigenvalue weighted by atomic mass is 10.2. The van der Waals surface area contributed by atoms with Gasteiger partial charge in [-0.25, -0.2) is 0 Å². The minimum atomic E-state index is -0.218. The molecule has 8 heteroatoms. The van der Waals surface area contributed by atoms with Gasteiger partial charge in [0.25, 0.3) is 5.56 Å². The lowest BCUT2D eigenvalue weighted by Crippen LogP contribution is -2.23. The molecule has 0 N–H and O–H groups in total. The van der Waals surface area contributed by atoms with Crippen LogP contribution in [0.3, 0.4) is 0 Å². The van der Waals surface area contributed by atoms with Crippen molar-refractivity contribution < 1.29 is 9.47 Å². The number of fused-ring (bicyclic) bond motifs is 1. The number of nitrogens with zero attached hydrogens (tertiary/aromatic N) is 3. The second kappa shape index (κ2) is 8.85. The fourth-order valence-corrected chi connectivity index (χ4v) is 4.08. The van der Waals surface area contributed by atoms with E-state index in [2.05, 4.69) is 17.0 Å². The zero-order valence-corrected chi connectivity index (χ0v) is 18.2. The second-order valence-electron chi connectivity index (χ2n) is 6.51. The monoisotopic (exact) mass is 441 g/mol. The van der Waals surface area contributed by atoms with Crippen LogP contribution in [0.5, 0.6) is 11.5 Å². The van der Waals surface area contributed by atoms with Crippen LogP contribution in [0.15, 0.2) is 47.3 Å².